The summed E-state index contributed by atoms with van der Waals surface area (Å²) in [6.07, 6.45) is 1.69. The van der Waals surface area contributed by atoms with E-state index in [1.165, 1.54) is 4.90 Å². The summed E-state index contributed by atoms with van der Waals surface area (Å²) in [6, 6.07) is 0. The van der Waals surface area contributed by atoms with Gasteiger partial charge in [0.15, 0.2) is 0 Å². The van der Waals surface area contributed by atoms with Crippen molar-refractivity contribution in [1.82, 2.24) is 4.90 Å². The second-order valence-electron chi connectivity index (χ2n) is 2.79. The van der Waals surface area contributed by atoms with Crippen molar-refractivity contribution >= 4 is 5.91 Å². The van der Waals surface area contributed by atoms with Crippen LogP contribution >= 0.6 is 0 Å². The molecule has 0 aromatic heterocycles. The highest BCUT2D eigenvalue weighted by atomic mass is 16.3. The normalized spacial score (nSPS) is 33.5. The number of hydrogen-bond donors (Lipinski definition) is 1. The van der Waals surface area contributed by atoms with Crippen LogP contribution in [-0.2, 0) is 4.79 Å². The maximum absolute atomic E-state index is 10.9. The molecule has 0 bridgehead atoms. The fourth-order valence-corrected chi connectivity index (χ4v) is 1.29. The minimum absolute atomic E-state index is 0.0457. The van der Waals surface area contributed by atoms with Gasteiger partial charge in [0, 0.05) is 19.9 Å². The molecule has 0 aromatic rings. The Morgan fingerprint density at radius 1 is 1.80 bits per heavy atom. The van der Waals surface area contributed by atoms with E-state index >= 15 is 0 Å². The molecule has 1 heterocycles. The van der Waals surface area contributed by atoms with Crippen LogP contribution in [0.1, 0.15) is 26.2 Å². The molecule has 0 saturated carbocycles. The van der Waals surface area contributed by atoms with Crippen molar-refractivity contribution in [2.45, 2.75) is 31.9 Å². The molecule has 1 N–H and O–H groups in total. The Hall–Kier alpha value is -0.570. The van der Waals surface area contributed by atoms with Gasteiger partial charge in [-0.1, -0.05) is 6.92 Å². The van der Waals surface area contributed by atoms with Gasteiger partial charge in [-0.3, -0.25) is 4.79 Å². The van der Waals surface area contributed by atoms with Crippen molar-refractivity contribution in [1.29, 1.82) is 0 Å². The lowest BCUT2D eigenvalue weighted by Crippen LogP contribution is -2.42. The predicted octanol–water partition coefficient (Wildman–Crippen LogP) is 0.337. The molecule has 1 unspecified atom stereocenters. The Morgan fingerprint density at radius 2 is 2.40 bits per heavy atom. The number of likely N-dealkylation sites (tertiary alicyclic amines) is 1. The van der Waals surface area contributed by atoms with Gasteiger partial charge in [0.2, 0.25) is 5.91 Å². The molecule has 1 aliphatic heterocycles. The number of amides is 1. The second kappa shape index (κ2) is 2.23. The van der Waals surface area contributed by atoms with Crippen LogP contribution in [0.15, 0.2) is 0 Å². The molecule has 0 radical (unpaired) electrons. The summed E-state index contributed by atoms with van der Waals surface area (Å²) in [6.45, 7) is 1.88. The van der Waals surface area contributed by atoms with E-state index in [-0.39, 0.29) is 5.91 Å². The van der Waals surface area contributed by atoms with Crippen LogP contribution < -0.4 is 0 Å². The Balaban J connectivity index is 2.73. The van der Waals surface area contributed by atoms with Crippen LogP contribution in [0.5, 0.6) is 0 Å². The monoisotopic (exact) mass is 143 g/mol. The van der Waals surface area contributed by atoms with Crippen molar-refractivity contribution < 1.29 is 9.90 Å². The molecule has 1 atom stereocenters. The fourth-order valence-electron chi connectivity index (χ4n) is 1.29. The van der Waals surface area contributed by atoms with Gasteiger partial charge in [0.1, 0.15) is 5.72 Å². The zero-order valence-corrected chi connectivity index (χ0v) is 6.42. The average Bonchev–Trinajstić information content (AvgIpc) is 2.19. The number of rotatable bonds is 1. The van der Waals surface area contributed by atoms with Crippen LogP contribution in [0.4, 0.5) is 0 Å². The van der Waals surface area contributed by atoms with Crippen LogP contribution in [-0.4, -0.2) is 28.7 Å². The molecule has 1 aliphatic rings. The summed E-state index contributed by atoms with van der Waals surface area (Å²) in [5, 5.41) is 9.64. The van der Waals surface area contributed by atoms with Crippen LogP contribution in [0.2, 0.25) is 0 Å². The van der Waals surface area contributed by atoms with E-state index in [2.05, 4.69) is 0 Å². The molecule has 3 nitrogen and oxygen atoms in total. The lowest BCUT2D eigenvalue weighted by atomic mass is 10.1. The van der Waals surface area contributed by atoms with Crippen LogP contribution in [0, 0.1) is 0 Å². The van der Waals surface area contributed by atoms with Crippen LogP contribution in [0.25, 0.3) is 0 Å². The number of carbonyl (C=O) groups is 1. The zero-order chi connectivity index (χ0) is 7.78. The Labute approximate surface area is 60.6 Å². The maximum atomic E-state index is 10.9. The average molecular weight is 143 g/mol. The third kappa shape index (κ3) is 0.904. The molecular weight excluding hydrogens is 130 g/mol. The van der Waals surface area contributed by atoms with Crippen molar-refractivity contribution in [3.8, 4) is 0 Å². The molecular formula is C7H13NO2. The quantitative estimate of drug-likeness (QED) is 0.575. The summed E-state index contributed by atoms with van der Waals surface area (Å²) >= 11 is 0. The van der Waals surface area contributed by atoms with Crippen molar-refractivity contribution in [3.05, 3.63) is 0 Å². The van der Waals surface area contributed by atoms with Gasteiger partial charge < -0.3 is 10.0 Å². The SMILES string of the molecule is CCC1(O)CCC(=O)N1C. The van der Waals surface area contributed by atoms with Gasteiger partial charge in [-0.2, -0.15) is 0 Å². The van der Waals surface area contributed by atoms with E-state index in [4.69, 9.17) is 0 Å². The maximum Gasteiger partial charge on any atom is 0.224 e. The van der Waals surface area contributed by atoms with E-state index in [0.29, 0.717) is 19.3 Å². The summed E-state index contributed by atoms with van der Waals surface area (Å²) in [5.41, 5.74) is -0.850. The Bertz CT molecular complexity index is 158. The van der Waals surface area contributed by atoms with E-state index in [1.54, 1.807) is 7.05 Å². The summed E-state index contributed by atoms with van der Waals surface area (Å²) in [5.74, 6) is 0.0457. The number of carbonyl (C=O) groups excluding carboxylic acids is 1. The molecule has 1 amide bonds. The highest BCUT2D eigenvalue weighted by Crippen LogP contribution is 2.28. The zero-order valence-electron chi connectivity index (χ0n) is 6.42. The summed E-state index contributed by atoms with van der Waals surface area (Å²) < 4.78 is 0. The molecule has 0 aromatic carbocycles. The molecule has 3 heteroatoms. The fraction of sp³-hybridized carbons (Fsp3) is 0.857. The molecule has 1 fully saturated rings. The first-order valence-electron chi connectivity index (χ1n) is 3.59. The van der Waals surface area contributed by atoms with Gasteiger partial charge in [-0.05, 0) is 6.42 Å². The van der Waals surface area contributed by atoms with Gasteiger partial charge in [-0.15, -0.1) is 0 Å². The molecule has 0 spiro atoms. The van der Waals surface area contributed by atoms with Gasteiger partial charge in [0.05, 0.1) is 0 Å². The van der Waals surface area contributed by atoms with Gasteiger partial charge in [-0.25, -0.2) is 0 Å². The lowest BCUT2D eigenvalue weighted by Gasteiger charge is -2.28. The smallest absolute Gasteiger partial charge is 0.224 e. The number of hydrogen-bond acceptors (Lipinski definition) is 2. The largest absolute Gasteiger partial charge is 0.371 e. The third-order valence-electron chi connectivity index (χ3n) is 2.30. The highest BCUT2D eigenvalue weighted by Gasteiger charge is 2.39. The predicted molar refractivity (Wildman–Crippen MR) is 37.2 cm³/mol. The summed E-state index contributed by atoms with van der Waals surface area (Å²) in [4.78, 5) is 12.4. The standard InChI is InChI=1S/C7H13NO2/c1-3-7(10)5-4-6(9)8(7)2/h10H,3-5H2,1-2H3. The number of nitrogens with zero attached hydrogens (tertiary/aromatic N) is 1. The van der Waals surface area contributed by atoms with Crippen molar-refractivity contribution in [2.24, 2.45) is 0 Å². The van der Waals surface area contributed by atoms with Crippen LogP contribution in [0.3, 0.4) is 0 Å². The molecule has 0 aliphatic carbocycles. The minimum atomic E-state index is -0.850. The second-order valence-corrected chi connectivity index (χ2v) is 2.79. The molecule has 58 valence electrons. The Kier molecular flexibility index (Phi) is 1.68. The summed E-state index contributed by atoms with van der Waals surface area (Å²) in [7, 11) is 1.65. The molecule has 1 rings (SSSR count). The lowest BCUT2D eigenvalue weighted by molar-refractivity contribution is -0.141. The van der Waals surface area contributed by atoms with Crippen molar-refractivity contribution in [3.63, 3.8) is 0 Å². The topological polar surface area (TPSA) is 40.5 Å². The van der Waals surface area contributed by atoms with Crippen molar-refractivity contribution in [2.75, 3.05) is 7.05 Å². The molecule has 10 heavy (non-hydrogen) atoms. The first-order chi connectivity index (χ1) is 4.60. The van der Waals surface area contributed by atoms with Gasteiger partial charge in [0.25, 0.3) is 0 Å². The molecule has 1 saturated heterocycles. The minimum Gasteiger partial charge on any atom is -0.371 e. The first kappa shape index (κ1) is 7.54. The number of aliphatic hydroxyl groups is 1. The highest BCUT2D eigenvalue weighted by molar-refractivity contribution is 5.78. The van der Waals surface area contributed by atoms with E-state index in [0.717, 1.165) is 0 Å². The Morgan fingerprint density at radius 3 is 2.60 bits per heavy atom. The third-order valence-corrected chi connectivity index (χ3v) is 2.30. The van der Waals surface area contributed by atoms with E-state index in [9.17, 15) is 9.90 Å². The first-order valence-corrected chi connectivity index (χ1v) is 3.59. The van der Waals surface area contributed by atoms with Gasteiger partial charge >= 0.3 is 0 Å². The van der Waals surface area contributed by atoms with E-state index < -0.39 is 5.72 Å². The van der Waals surface area contributed by atoms with E-state index in [1.807, 2.05) is 6.92 Å².